The van der Waals surface area contributed by atoms with Crippen LogP contribution in [0.5, 0.6) is 0 Å². The topological polar surface area (TPSA) is 52.7 Å². The molecule has 3 fully saturated rings. The predicted octanol–water partition coefficient (Wildman–Crippen LogP) is 0.793. The first-order chi connectivity index (χ1) is 9.10. The number of nitrogens with one attached hydrogen (secondary N) is 1. The highest BCUT2D eigenvalue weighted by atomic mass is 32.2. The molecule has 2 heterocycles. The molecule has 0 atom stereocenters. The van der Waals surface area contributed by atoms with Crippen LogP contribution < -0.4 is 4.72 Å². The number of nitrogens with zero attached hydrogens (tertiary/aromatic N) is 2. The zero-order valence-electron chi connectivity index (χ0n) is 11.6. The van der Waals surface area contributed by atoms with Gasteiger partial charge in [-0.3, -0.25) is 0 Å². The van der Waals surface area contributed by atoms with Crippen LogP contribution in [-0.2, 0) is 10.2 Å². The van der Waals surface area contributed by atoms with Gasteiger partial charge in [0, 0.05) is 26.2 Å². The van der Waals surface area contributed by atoms with Crippen molar-refractivity contribution in [2.24, 2.45) is 5.41 Å². The van der Waals surface area contributed by atoms with Gasteiger partial charge in [-0.25, -0.2) is 4.72 Å². The second kappa shape index (κ2) is 5.31. The Bertz CT molecular complexity index is 408. The average Bonchev–Trinajstić information content (AvgIpc) is 2.86. The van der Waals surface area contributed by atoms with Gasteiger partial charge >= 0.3 is 0 Å². The lowest BCUT2D eigenvalue weighted by Gasteiger charge is -2.24. The van der Waals surface area contributed by atoms with E-state index in [9.17, 15) is 8.42 Å². The van der Waals surface area contributed by atoms with Gasteiger partial charge in [0.25, 0.3) is 10.2 Å². The molecule has 2 aliphatic heterocycles. The van der Waals surface area contributed by atoms with Crippen molar-refractivity contribution >= 4 is 10.2 Å². The monoisotopic (exact) mass is 287 g/mol. The van der Waals surface area contributed by atoms with Gasteiger partial charge in [0.15, 0.2) is 0 Å². The zero-order valence-corrected chi connectivity index (χ0v) is 12.4. The lowest BCUT2D eigenvalue weighted by molar-refractivity contribution is 0.263. The van der Waals surface area contributed by atoms with Crippen molar-refractivity contribution in [2.75, 3.05) is 39.3 Å². The maximum absolute atomic E-state index is 12.1. The van der Waals surface area contributed by atoms with E-state index in [2.05, 4.69) is 9.62 Å². The van der Waals surface area contributed by atoms with Crippen LogP contribution >= 0.6 is 0 Å². The van der Waals surface area contributed by atoms with E-state index >= 15 is 0 Å². The molecule has 0 spiro atoms. The van der Waals surface area contributed by atoms with E-state index in [4.69, 9.17) is 0 Å². The largest absolute Gasteiger partial charge is 0.303 e. The minimum Gasteiger partial charge on any atom is -0.303 e. The van der Waals surface area contributed by atoms with Crippen LogP contribution in [0.3, 0.4) is 0 Å². The van der Waals surface area contributed by atoms with E-state index < -0.39 is 10.2 Å². The fourth-order valence-corrected chi connectivity index (χ4v) is 4.66. The molecule has 0 bridgehead atoms. The molecule has 3 rings (SSSR count). The lowest BCUT2D eigenvalue weighted by Crippen LogP contribution is -2.43. The van der Waals surface area contributed by atoms with Crippen LogP contribution in [0.1, 0.15) is 38.5 Å². The molecule has 3 aliphatic rings. The normalized spacial score (nSPS) is 28.0. The van der Waals surface area contributed by atoms with Crippen molar-refractivity contribution < 1.29 is 8.42 Å². The third-order valence-corrected chi connectivity index (χ3v) is 6.30. The van der Waals surface area contributed by atoms with Crippen LogP contribution in [0.25, 0.3) is 0 Å². The molecule has 110 valence electrons. The van der Waals surface area contributed by atoms with Crippen LogP contribution in [-0.4, -0.2) is 56.9 Å². The van der Waals surface area contributed by atoms with E-state index in [0.717, 1.165) is 19.4 Å². The van der Waals surface area contributed by atoms with Gasteiger partial charge in [-0.2, -0.15) is 12.7 Å². The molecule has 1 aliphatic carbocycles. The van der Waals surface area contributed by atoms with Crippen molar-refractivity contribution in [1.29, 1.82) is 0 Å². The molecular formula is C13H25N3O2S. The number of hydrogen-bond acceptors (Lipinski definition) is 3. The lowest BCUT2D eigenvalue weighted by atomic mass is 10.1. The molecule has 0 aromatic heterocycles. The highest BCUT2D eigenvalue weighted by Gasteiger charge is 2.45. The maximum atomic E-state index is 12.1. The molecule has 0 aromatic rings. The second-order valence-electron chi connectivity index (χ2n) is 6.42. The summed E-state index contributed by atoms with van der Waals surface area (Å²) >= 11 is 0. The van der Waals surface area contributed by atoms with Crippen molar-refractivity contribution in [2.45, 2.75) is 38.5 Å². The Balaban J connectivity index is 1.50. The SMILES string of the molecule is O=S(=O)(NCC1(CN2CCCC2)CC1)N1CCCC1. The summed E-state index contributed by atoms with van der Waals surface area (Å²) in [7, 11) is -3.22. The van der Waals surface area contributed by atoms with Gasteiger partial charge in [0.1, 0.15) is 0 Å². The van der Waals surface area contributed by atoms with Crippen LogP contribution in [0.2, 0.25) is 0 Å². The Morgan fingerprint density at radius 1 is 0.947 bits per heavy atom. The second-order valence-corrected chi connectivity index (χ2v) is 8.17. The van der Waals surface area contributed by atoms with Gasteiger partial charge in [0.2, 0.25) is 0 Å². The maximum Gasteiger partial charge on any atom is 0.279 e. The fraction of sp³-hybridized carbons (Fsp3) is 1.00. The predicted molar refractivity (Wildman–Crippen MR) is 75.1 cm³/mol. The van der Waals surface area contributed by atoms with E-state index in [0.29, 0.717) is 19.6 Å². The highest BCUT2D eigenvalue weighted by Crippen LogP contribution is 2.46. The minimum atomic E-state index is -3.22. The first-order valence-corrected chi connectivity index (χ1v) is 9.01. The van der Waals surface area contributed by atoms with Crippen LogP contribution in [0.15, 0.2) is 0 Å². The molecule has 0 radical (unpaired) electrons. The Labute approximate surface area is 116 Å². The summed E-state index contributed by atoms with van der Waals surface area (Å²) in [5.74, 6) is 0. The Kier molecular flexibility index (Phi) is 3.86. The molecule has 19 heavy (non-hydrogen) atoms. The van der Waals surface area contributed by atoms with E-state index in [-0.39, 0.29) is 5.41 Å². The van der Waals surface area contributed by atoms with Crippen molar-refractivity contribution in [3.63, 3.8) is 0 Å². The summed E-state index contributed by atoms with van der Waals surface area (Å²) in [4.78, 5) is 2.50. The smallest absolute Gasteiger partial charge is 0.279 e. The molecule has 0 amide bonds. The number of likely N-dealkylation sites (tertiary alicyclic amines) is 1. The molecule has 1 saturated carbocycles. The van der Waals surface area contributed by atoms with E-state index in [1.807, 2.05) is 0 Å². The third kappa shape index (κ3) is 3.29. The van der Waals surface area contributed by atoms with Crippen LogP contribution in [0.4, 0.5) is 0 Å². The summed E-state index contributed by atoms with van der Waals surface area (Å²) in [6, 6.07) is 0. The molecule has 0 unspecified atom stereocenters. The van der Waals surface area contributed by atoms with Crippen LogP contribution in [0, 0.1) is 5.41 Å². The molecule has 2 saturated heterocycles. The number of hydrogen-bond donors (Lipinski definition) is 1. The average molecular weight is 287 g/mol. The molecular weight excluding hydrogens is 262 g/mol. The van der Waals surface area contributed by atoms with Gasteiger partial charge in [-0.1, -0.05) is 0 Å². The molecule has 5 nitrogen and oxygen atoms in total. The van der Waals surface area contributed by atoms with E-state index in [1.165, 1.54) is 38.8 Å². The van der Waals surface area contributed by atoms with Gasteiger partial charge < -0.3 is 4.90 Å². The van der Waals surface area contributed by atoms with Gasteiger partial charge in [0.05, 0.1) is 0 Å². The van der Waals surface area contributed by atoms with Crippen molar-refractivity contribution in [3.05, 3.63) is 0 Å². The molecule has 6 heteroatoms. The van der Waals surface area contributed by atoms with Gasteiger partial charge in [-0.05, 0) is 57.0 Å². The standard InChI is InChI=1S/C13H25N3O2S/c17-19(18,16-9-3-4-10-16)14-11-13(5-6-13)12-15-7-1-2-8-15/h14H,1-12H2. The number of rotatable bonds is 6. The highest BCUT2D eigenvalue weighted by molar-refractivity contribution is 7.87. The van der Waals surface area contributed by atoms with Crippen molar-refractivity contribution in [1.82, 2.24) is 13.9 Å². The zero-order chi connectivity index (χ0) is 13.3. The summed E-state index contributed by atoms with van der Waals surface area (Å²) in [6.45, 7) is 5.47. The minimum absolute atomic E-state index is 0.233. The molecule has 0 aromatic carbocycles. The summed E-state index contributed by atoms with van der Waals surface area (Å²) < 4.78 is 28.7. The summed E-state index contributed by atoms with van der Waals surface area (Å²) in [5, 5.41) is 0. The van der Waals surface area contributed by atoms with Gasteiger partial charge in [-0.15, -0.1) is 0 Å². The quantitative estimate of drug-likeness (QED) is 0.786. The molecule has 1 N–H and O–H groups in total. The Morgan fingerprint density at radius 3 is 2.11 bits per heavy atom. The Morgan fingerprint density at radius 2 is 1.53 bits per heavy atom. The Hall–Kier alpha value is -0.170. The summed E-state index contributed by atoms with van der Waals surface area (Å²) in [5.41, 5.74) is 0.233. The first-order valence-electron chi connectivity index (χ1n) is 7.57. The summed E-state index contributed by atoms with van der Waals surface area (Å²) in [6.07, 6.45) is 6.95. The first kappa shape index (κ1) is 13.8. The fourth-order valence-electron chi connectivity index (χ4n) is 3.25. The van der Waals surface area contributed by atoms with E-state index in [1.54, 1.807) is 4.31 Å². The third-order valence-electron chi connectivity index (χ3n) is 4.75. The van der Waals surface area contributed by atoms with Crippen molar-refractivity contribution in [3.8, 4) is 0 Å².